The van der Waals surface area contributed by atoms with Crippen LogP contribution in [-0.2, 0) is 9.47 Å². The molecular formula is C15H28O2. The SMILES string of the molecule is CC(C)CC12CC(C)OC(C(C)O1)C2C(C)C. The van der Waals surface area contributed by atoms with Crippen LogP contribution < -0.4 is 0 Å². The summed E-state index contributed by atoms with van der Waals surface area (Å²) in [6, 6.07) is 0. The third-order valence-electron chi connectivity index (χ3n) is 4.34. The summed E-state index contributed by atoms with van der Waals surface area (Å²) >= 11 is 0. The second-order valence-corrected chi connectivity index (χ2v) is 6.87. The lowest BCUT2D eigenvalue weighted by Gasteiger charge is -2.45. The lowest BCUT2D eigenvalue weighted by Crippen LogP contribution is -2.50. The monoisotopic (exact) mass is 240 g/mol. The molecule has 0 spiro atoms. The molecule has 2 aliphatic heterocycles. The van der Waals surface area contributed by atoms with Crippen LogP contribution in [0.3, 0.4) is 0 Å². The summed E-state index contributed by atoms with van der Waals surface area (Å²) in [5, 5.41) is 0. The summed E-state index contributed by atoms with van der Waals surface area (Å²) in [5.74, 6) is 1.89. The molecule has 0 aromatic rings. The highest BCUT2D eigenvalue weighted by Crippen LogP contribution is 2.52. The van der Waals surface area contributed by atoms with Crippen molar-refractivity contribution in [3.8, 4) is 0 Å². The van der Waals surface area contributed by atoms with Crippen LogP contribution in [0, 0.1) is 17.8 Å². The van der Waals surface area contributed by atoms with Crippen molar-refractivity contribution in [1.82, 2.24) is 0 Å². The molecule has 0 aliphatic carbocycles. The molecule has 2 aliphatic rings. The van der Waals surface area contributed by atoms with Gasteiger partial charge in [-0.3, -0.25) is 0 Å². The normalized spacial score (nSPS) is 45.9. The molecule has 2 rings (SSSR count). The van der Waals surface area contributed by atoms with E-state index in [0.717, 1.165) is 6.42 Å². The molecule has 2 bridgehead atoms. The molecule has 2 heterocycles. The van der Waals surface area contributed by atoms with Crippen molar-refractivity contribution in [2.24, 2.45) is 17.8 Å². The van der Waals surface area contributed by atoms with Gasteiger partial charge in [-0.2, -0.15) is 0 Å². The fourth-order valence-corrected chi connectivity index (χ4v) is 4.24. The summed E-state index contributed by atoms with van der Waals surface area (Å²) in [5.41, 5.74) is 0.0735. The highest BCUT2D eigenvalue weighted by Gasteiger charge is 2.58. The fourth-order valence-electron chi connectivity index (χ4n) is 4.24. The topological polar surface area (TPSA) is 18.5 Å². The first kappa shape index (κ1) is 13.4. The van der Waals surface area contributed by atoms with Crippen LogP contribution in [0.5, 0.6) is 0 Å². The molecule has 2 fully saturated rings. The van der Waals surface area contributed by atoms with Crippen molar-refractivity contribution in [2.45, 2.75) is 78.3 Å². The van der Waals surface area contributed by atoms with E-state index in [0.29, 0.717) is 30.0 Å². The Labute approximate surface area is 106 Å². The zero-order valence-corrected chi connectivity index (χ0v) is 12.2. The number of rotatable bonds is 3. The van der Waals surface area contributed by atoms with E-state index < -0.39 is 0 Å². The van der Waals surface area contributed by atoms with Crippen molar-refractivity contribution in [3.63, 3.8) is 0 Å². The first-order valence-electron chi connectivity index (χ1n) is 7.19. The van der Waals surface area contributed by atoms with Gasteiger partial charge >= 0.3 is 0 Å². The Morgan fingerprint density at radius 2 is 1.82 bits per heavy atom. The zero-order valence-electron chi connectivity index (χ0n) is 12.2. The van der Waals surface area contributed by atoms with Gasteiger partial charge < -0.3 is 9.47 Å². The van der Waals surface area contributed by atoms with Gasteiger partial charge in [0.2, 0.25) is 0 Å². The number of ether oxygens (including phenoxy) is 2. The summed E-state index contributed by atoms with van der Waals surface area (Å²) < 4.78 is 12.5. The molecule has 0 N–H and O–H groups in total. The van der Waals surface area contributed by atoms with Crippen molar-refractivity contribution in [3.05, 3.63) is 0 Å². The Bertz CT molecular complexity index is 265. The second kappa shape index (κ2) is 4.55. The summed E-state index contributed by atoms with van der Waals surface area (Å²) in [7, 11) is 0. The Hall–Kier alpha value is -0.0800. The molecule has 0 amide bonds. The summed E-state index contributed by atoms with van der Waals surface area (Å²) in [4.78, 5) is 0. The Balaban J connectivity index is 2.30. The average Bonchev–Trinajstić information content (AvgIpc) is 2.30. The van der Waals surface area contributed by atoms with Crippen LogP contribution >= 0.6 is 0 Å². The molecule has 0 radical (unpaired) electrons. The van der Waals surface area contributed by atoms with Gasteiger partial charge in [-0.15, -0.1) is 0 Å². The minimum atomic E-state index is 0.0735. The van der Waals surface area contributed by atoms with Crippen LogP contribution in [0.1, 0.15) is 54.4 Å². The minimum absolute atomic E-state index is 0.0735. The molecule has 2 heteroatoms. The van der Waals surface area contributed by atoms with E-state index in [9.17, 15) is 0 Å². The third-order valence-corrected chi connectivity index (χ3v) is 4.34. The molecule has 0 aromatic heterocycles. The molecule has 17 heavy (non-hydrogen) atoms. The summed E-state index contributed by atoms with van der Waals surface area (Å²) in [6.45, 7) is 13.6. The van der Waals surface area contributed by atoms with Crippen LogP contribution in [0.4, 0.5) is 0 Å². The number of hydrogen-bond donors (Lipinski definition) is 0. The van der Waals surface area contributed by atoms with Crippen molar-refractivity contribution in [2.75, 3.05) is 0 Å². The van der Waals surface area contributed by atoms with Gasteiger partial charge in [-0.1, -0.05) is 27.7 Å². The van der Waals surface area contributed by atoms with E-state index in [1.54, 1.807) is 0 Å². The van der Waals surface area contributed by atoms with E-state index in [-0.39, 0.29) is 11.7 Å². The van der Waals surface area contributed by atoms with Gasteiger partial charge in [0.15, 0.2) is 0 Å². The van der Waals surface area contributed by atoms with E-state index >= 15 is 0 Å². The van der Waals surface area contributed by atoms with Crippen LogP contribution in [0.15, 0.2) is 0 Å². The van der Waals surface area contributed by atoms with E-state index in [1.807, 2.05) is 0 Å². The second-order valence-electron chi connectivity index (χ2n) is 6.87. The maximum Gasteiger partial charge on any atom is 0.0895 e. The highest BCUT2D eigenvalue weighted by atomic mass is 16.6. The van der Waals surface area contributed by atoms with Crippen molar-refractivity contribution < 1.29 is 9.47 Å². The van der Waals surface area contributed by atoms with Crippen LogP contribution in [0.25, 0.3) is 0 Å². The van der Waals surface area contributed by atoms with E-state index in [4.69, 9.17) is 9.47 Å². The Morgan fingerprint density at radius 1 is 1.18 bits per heavy atom. The standard InChI is InChI=1S/C15H28O2/c1-9(2)7-15-8-11(5)16-14(12(6)17-15)13(15)10(3)4/h9-14H,7-8H2,1-6H3. The maximum absolute atomic E-state index is 6.40. The van der Waals surface area contributed by atoms with Gasteiger partial charge in [0.05, 0.1) is 23.9 Å². The van der Waals surface area contributed by atoms with E-state index in [2.05, 4.69) is 41.5 Å². The number of hydrogen-bond acceptors (Lipinski definition) is 2. The van der Waals surface area contributed by atoms with Crippen molar-refractivity contribution in [1.29, 1.82) is 0 Å². The smallest absolute Gasteiger partial charge is 0.0895 e. The van der Waals surface area contributed by atoms with Gasteiger partial charge in [0.25, 0.3) is 0 Å². The van der Waals surface area contributed by atoms with Crippen LogP contribution in [0.2, 0.25) is 0 Å². The largest absolute Gasteiger partial charge is 0.372 e. The van der Waals surface area contributed by atoms with E-state index in [1.165, 1.54) is 6.42 Å². The first-order chi connectivity index (χ1) is 7.85. The van der Waals surface area contributed by atoms with Gasteiger partial charge in [-0.25, -0.2) is 0 Å². The first-order valence-corrected chi connectivity index (χ1v) is 7.19. The lowest BCUT2D eigenvalue weighted by atomic mass is 9.69. The summed E-state index contributed by atoms with van der Waals surface area (Å²) in [6.07, 6.45) is 3.14. The predicted molar refractivity (Wildman–Crippen MR) is 70.0 cm³/mol. The molecular weight excluding hydrogens is 212 g/mol. The molecule has 5 unspecified atom stereocenters. The fraction of sp³-hybridized carbons (Fsp3) is 1.00. The molecule has 2 nitrogen and oxygen atoms in total. The van der Waals surface area contributed by atoms with Gasteiger partial charge in [0.1, 0.15) is 0 Å². The van der Waals surface area contributed by atoms with Crippen molar-refractivity contribution >= 4 is 0 Å². The molecule has 0 aromatic carbocycles. The minimum Gasteiger partial charge on any atom is -0.372 e. The highest BCUT2D eigenvalue weighted by molar-refractivity contribution is 5.06. The number of fused-ring (bicyclic) bond motifs is 2. The van der Waals surface area contributed by atoms with Gasteiger partial charge in [0, 0.05) is 12.3 Å². The Kier molecular flexibility index (Phi) is 3.57. The van der Waals surface area contributed by atoms with Crippen LogP contribution in [-0.4, -0.2) is 23.9 Å². The zero-order chi connectivity index (χ0) is 12.8. The predicted octanol–water partition coefficient (Wildman–Crippen LogP) is 3.64. The quantitative estimate of drug-likeness (QED) is 0.750. The average molecular weight is 240 g/mol. The lowest BCUT2D eigenvalue weighted by molar-refractivity contribution is -0.127. The molecule has 2 saturated heterocycles. The maximum atomic E-state index is 6.40. The molecule has 5 atom stereocenters. The molecule has 100 valence electrons. The molecule has 0 saturated carbocycles. The van der Waals surface area contributed by atoms with Gasteiger partial charge in [-0.05, 0) is 32.1 Å². The Morgan fingerprint density at radius 3 is 2.35 bits per heavy atom. The third kappa shape index (κ3) is 2.26.